The largest absolute Gasteiger partial charge is 0.340 e. The Balaban J connectivity index is 1.26. The van der Waals surface area contributed by atoms with Crippen molar-refractivity contribution in [1.29, 1.82) is 0 Å². The molecule has 0 aliphatic rings. The van der Waals surface area contributed by atoms with Gasteiger partial charge in [-0.25, -0.2) is 4.98 Å². The zero-order valence-corrected chi connectivity index (χ0v) is 19.3. The quantitative estimate of drug-likeness (QED) is 0.294. The summed E-state index contributed by atoms with van der Waals surface area (Å²) in [7, 11) is 0. The molecule has 2 heterocycles. The number of aromatic nitrogens is 4. The van der Waals surface area contributed by atoms with E-state index >= 15 is 0 Å². The number of benzene rings is 3. The van der Waals surface area contributed by atoms with Gasteiger partial charge in [0.2, 0.25) is 5.95 Å². The van der Waals surface area contributed by atoms with Crippen LogP contribution in [0.25, 0.3) is 11.0 Å². The number of hydrogen-bond donors (Lipinski definition) is 3. The molecule has 5 aromatic rings. The topological polar surface area (TPSA) is 105 Å². The molecule has 8 heteroatoms. The van der Waals surface area contributed by atoms with Gasteiger partial charge in [0, 0.05) is 46.8 Å². The van der Waals surface area contributed by atoms with Crippen molar-refractivity contribution >= 4 is 45.8 Å². The molecule has 5 rings (SSSR count). The van der Waals surface area contributed by atoms with E-state index in [0.717, 1.165) is 22.6 Å². The second-order valence-electron chi connectivity index (χ2n) is 8.13. The van der Waals surface area contributed by atoms with Crippen LogP contribution in [0.1, 0.15) is 21.6 Å². The number of carbonyl (C=O) groups excluding carboxylic acids is 1. The van der Waals surface area contributed by atoms with Gasteiger partial charge in [-0.1, -0.05) is 17.7 Å². The summed E-state index contributed by atoms with van der Waals surface area (Å²) in [6.45, 7) is 3.97. The van der Waals surface area contributed by atoms with Crippen molar-refractivity contribution in [3.05, 3.63) is 102 Å². The van der Waals surface area contributed by atoms with Crippen LogP contribution in [-0.4, -0.2) is 25.8 Å². The van der Waals surface area contributed by atoms with Crippen LogP contribution >= 0.6 is 0 Å². The van der Waals surface area contributed by atoms with E-state index in [1.807, 2.05) is 68.4 Å². The van der Waals surface area contributed by atoms with E-state index in [-0.39, 0.29) is 5.91 Å². The Morgan fingerprint density at radius 2 is 1.34 bits per heavy atom. The molecule has 1 amide bonds. The Morgan fingerprint density at radius 3 is 2.11 bits per heavy atom. The monoisotopic (exact) mass is 461 g/mol. The fourth-order valence-corrected chi connectivity index (χ4v) is 3.55. The maximum atomic E-state index is 12.7. The molecule has 0 saturated carbocycles. The predicted molar refractivity (Wildman–Crippen MR) is 138 cm³/mol. The highest BCUT2D eigenvalue weighted by molar-refractivity contribution is 6.05. The van der Waals surface area contributed by atoms with Crippen LogP contribution in [-0.2, 0) is 0 Å². The first-order chi connectivity index (χ1) is 17.0. The number of nitrogens with one attached hydrogen (secondary N) is 3. The summed E-state index contributed by atoms with van der Waals surface area (Å²) >= 11 is 0. The van der Waals surface area contributed by atoms with Gasteiger partial charge in [0.25, 0.3) is 5.91 Å². The highest BCUT2D eigenvalue weighted by atomic mass is 16.1. The van der Waals surface area contributed by atoms with E-state index in [1.165, 1.54) is 5.56 Å². The van der Waals surface area contributed by atoms with Crippen molar-refractivity contribution in [1.82, 2.24) is 19.9 Å². The van der Waals surface area contributed by atoms with E-state index in [1.54, 1.807) is 30.6 Å². The summed E-state index contributed by atoms with van der Waals surface area (Å²) in [5.41, 5.74) is 6.41. The van der Waals surface area contributed by atoms with Crippen LogP contribution in [0.4, 0.5) is 28.8 Å². The lowest BCUT2D eigenvalue weighted by atomic mass is 10.1. The SMILES string of the molecule is Cc1ccc(Nc2nc(C)cc(Nc3ccc(NC(=O)c4ccc5nccnc5c4)cc3)n2)cc1. The summed E-state index contributed by atoms with van der Waals surface area (Å²) < 4.78 is 0. The maximum Gasteiger partial charge on any atom is 0.255 e. The molecular formula is C27H23N7O. The van der Waals surface area contributed by atoms with Crippen molar-refractivity contribution in [2.75, 3.05) is 16.0 Å². The van der Waals surface area contributed by atoms with E-state index < -0.39 is 0 Å². The molecule has 0 aliphatic carbocycles. The molecule has 3 N–H and O–H groups in total. The standard InChI is InChI=1S/C27H23N7O/c1-17-3-6-22(7-4-17)33-27-30-18(2)15-25(34-27)31-20-8-10-21(11-9-20)32-26(35)19-5-12-23-24(16-19)29-14-13-28-23/h3-16H,1-2H3,(H,32,35)(H2,30,31,33,34). The molecule has 0 spiro atoms. The summed E-state index contributed by atoms with van der Waals surface area (Å²) in [4.78, 5) is 30.2. The second-order valence-corrected chi connectivity index (χ2v) is 8.13. The van der Waals surface area contributed by atoms with Crippen molar-refractivity contribution in [2.24, 2.45) is 0 Å². The maximum absolute atomic E-state index is 12.7. The summed E-state index contributed by atoms with van der Waals surface area (Å²) in [5.74, 6) is 0.970. The number of aryl methyl sites for hydroxylation is 2. The number of anilines is 5. The van der Waals surface area contributed by atoms with Crippen molar-refractivity contribution < 1.29 is 4.79 Å². The average Bonchev–Trinajstić information content (AvgIpc) is 2.86. The molecule has 0 radical (unpaired) electrons. The van der Waals surface area contributed by atoms with Crippen molar-refractivity contribution in [3.8, 4) is 0 Å². The molecule has 0 saturated heterocycles. The fourth-order valence-electron chi connectivity index (χ4n) is 3.55. The Bertz CT molecular complexity index is 1500. The number of rotatable bonds is 6. The lowest BCUT2D eigenvalue weighted by Crippen LogP contribution is -2.11. The molecule has 0 unspecified atom stereocenters. The molecule has 0 atom stereocenters. The Labute approximate surface area is 202 Å². The highest BCUT2D eigenvalue weighted by Crippen LogP contribution is 2.21. The molecule has 0 aliphatic heterocycles. The fraction of sp³-hybridized carbons (Fsp3) is 0.0741. The van der Waals surface area contributed by atoms with Gasteiger partial charge in [0.05, 0.1) is 11.0 Å². The van der Waals surface area contributed by atoms with Crippen molar-refractivity contribution in [3.63, 3.8) is 0 Å². The molecule has 0 bridgehead atoms. The van der Waals surface area contributed by atoms with Crippen LogP contribution < -0.4 is 16.0 Å². The van der Waals surface area contributed by atoms with Crippen LogP contribution in [0.5, 0.6) is 0 Å². The summed E-state index contributed by atoms with van der Waals surface area (Å²) in [6.07, 6.45) is 3.23. The van der Waals surface area contributed by atoms with Gasteiger partial charge in [-0.2, -0.15) is 4.98 Å². The third-order valence-electron chi connectivity index (χ3n) is 5.31. The Hall–Kier alpha value is -4.85. The van der Waals surface area contributed by atoms with Gasteiger partial charge < -0.3 is 16.0 Å². The van der Waals surface area contributed by atoms with Gasteiger partial charge in [0.15, 0.2) is 0 Å². The number of fused-ring (bicyclic) bond motifs is 1. The summed E-state index contributed by atoms with van der Waals surface area (Å²) in [5, 5.41) is 9.44. The molecule has 2 aromatic heterocycles. The van der Waals surface area contributed by atoms with Crippen LogP contribution in [0, 0.1) is 13.8 Å². The van der Waals surface area contributed by atoms with Crippen LogP contribution in [0.15, 0.2) is 85.2 Å². The first kappa shape index (κ1) is 22.0. The van der Waals surface area contributed by atoms with Crippen molar-refractivity contribution in [2.45, 2.75) is 13.8 Å². The molecule has 0 fully saturated rings. The normalized spacial score (nSPS) is 10.7. The lowest BCUT2D eigenvalue weighted by molar-refractivity contribution is 0.102. The van der Waals surface area contributed by atoms with Gasteiger partial charge >= 0.3 is 0 Å². The minimum atomic E-state index is -0.212. The van der Waals surface area contributed by atoms with E-state index in [9.17, 15) is 4.79 Å². The number of amides is 1. The number of nitrogens with zero attached hydrogens (tertiary/aromatic N) is 4. The molecule has 172 valence electrons. The molecular weight excluding hydrogens is 438 g/mol. The first-order valence-corrected chi connectivity index (χ1v) is 11.1. The highest BCUT2D eigenvalue weighted by Gasteiger charge is 2.09. The predicted octanol–water partition coefficient (Wildman–Crippen LogP) is 5.78. The molecule has 8 nitrogen and oxygen atoms in total. The average molecular weight is 462 g/mol. The number of hydrogen-bond acceptors (Lipinski definition) is 7. The van der Waals surface area contributed by atoms with Gasteiger partial charge in [-0.3, -0.25) is 14.8 Å². The molecule has 3 aromatic carbocycles. The van der Waals surface area contributed by atoms with E-state index in [2.05, 4.69) is 35.9 Å². The third-order valence-corrected chi connectivity index (χ3v) is 5.31. The Morgan fingerprint density at radius 1 is 0.686 bits per heavy atom. The minimum absolute atomic E-state index is 0.212. The number of carbonyl (C=O) groups is 1. The van der Waals surface area contributed by atoms with Gasteiger partial charge in [0.1, 0.15) is 5.82 Å². The summed E-state index contributed by atoms with van der Waals surface area (Å²) in [6, 6.07) is 22.6. The van der Waals surface area contributed by atoms with Gasteiger partial charge in [-0.15, -0.1) is 0 Å². The molecule has 35 heavy (non-hydrogen) atoms. The van der Waals surface area contributed by atoms with E-state index in [4.69, 9.17) is 0 Å². The van der Waals surface area contributed by atoms with Crippen LogP contribution in [0.3, 0.4) is 0 Å². The zero-order chi connectivity index (χ0) is 24.2. The lowest BCUT2D eigenvalue weighted by Gasteiger charge is -2.11. The van der Waals surface area contributed by atoms with Gasteiger partial charge in [-0.05, 0) is 68.4 Å². The smallest absolute Gasteiger partial charge is 0.255 e. The minimum Gasteiger partial charge on any atom is -0.340 e. The van der Waals surface area contributed by atoms with Crippen LogP contribution in [0.2, 0.25) is 0 Å². The second kappa shape index (κ2) is 9.56. The first-order valence-electron chi connectivity index (χ1n) is 11.1. The third kappa shape index (κ3) is 5.39. The van der Waals surface area contributed by atoms with E-state index in [0.29, 0.717) is 28.5 Å². The zero-order valence-electron chi connectivity index (χ0n) is 19.3. The Kier molecular flexibility index (Phi) is 6.00.